The van der Waals surface area contributed by atoms with Crippen molar-refractivity contribution in [3.05, 3.63) is 95.6 Å². The third kappa shape index (κ3) is 7.93. The molecular formula is C32H38O3. The van der Waals surface area contributed by atoms with Crippen molar-refractivity contribution in [3.8, 4) is 22.3 Å². The molecule has 0 radical (unpaired) electrons. The van der Waals surface area contributed by atoms with E-state index >= 15 is 0 Å². The SMILES string of the molecule is C=C(C)C(=O)OCCc1cc(-c2ccc(CCCCC)cc2)ccc1-c1ccc(CCCO)cc1. The van der Waals surface area contributed by atoms with Crippen molar-refractivity contribution in [1.82, 2.24) is 0 Å². The molecule has 0 saturated carbocycles. The first-order valence-corrected chi connectivity index (χ1v) is 12.8. The molecule has 0 amide bonds. The van der Waals surface area contributed by atoms with E-state index in [9.17, 15) is 4.79 Å². The number of benzene rings is 3. The van der Waals surface area contributed by atoms with E-state index in [4.69, 9.17) is 9.84 Å². The first-order valence-electron chi connectivity index (χ1n) is 12.8. The van der Waals surface area contributed by atoms with Crippen LogP contribution in [0.1, 0.15) is 56.2 Å². The minimum absolute atomic E-state index is 0.204. The van der Waals surface area contributed by atoms with Gasteiger partial charge in [-0.05, 0) is 71.6 Å². The molecule has 0 aliphatic heterocycles. The number of esters is 1. The molecule has 3 aromatic carbocycles. The van der Waals surface area contributed by atoms with Gasteiger partial charge >= 0.3 is 5.97 Å². The minimum Gasteiger partial charge on any atom is -0.462 e. The van der Waals surface area contributed by atoms with E-state index < -0.39 is 0 Å². The first-order chi connectivity index (χ1) is 17.0. The molecule has 0 aliphatic rings. The molecule has 184 valence electrons. The summed E-state index contributed by atoms with van der Waals surface area (Å²) < 4.78 is 5.41. The van der Waals surface area contributed by atoms with E-state index in [-0.39, 0.29) is 12.6 Å². The maximum atomic E-state index is 11.9. The van der Waals surface area contributed by atoms with Crippen LogP contribution < -0.4 is 0 Å². The number of carbonyl (C=O) groups excluding carboxylic acids is 1. The van der Waals surface area contributed by atoms with Gasteiger partial charge in [0.25, 0.3) is 0 Å². The predicted octanol–water partition coefficient (Wildman–Crippen LogP) is 7.34. The van der Waals surface area contributed by atoms with Crippen LogP contribution >= 0.6 is 0 Å². The second-order valence-corrected chi connectivity index (χ2v) is 9.22. The fourth-order valence-electron chi connectivity index (χ4n) is 4.22. The lowest BCUT2D eigenvalue weighted by Gasteiger charge is -2.14. The van der Waals surface area contributed by atoms with Crippen LogP contribution in [0, 0.1) is 0 Å². The molecular weight excluding hydrogens is 432 g/mol. The molecule has 0 aromatic heterocycles. The molecule has 3 rings (SSSR count). The fourth-order valence-corrected chi connectivity index (χ4v) is 4.22. The molecule has 1 N–H and O–H groups in total. The molecule has 0 bridgehead atoms. The molecule has 3 nitrogen and oxygen atoms in total. The standard InChI is InChI=1S/C32H38O3/c1-4-5-6-8-25-10-14-27(15-11-25)29-18-19-31(28-16-12-26(13-17-28)9-7-21-33)30(23-29)20-22-35-32(34)24(2)3/h10-19,23,33H,2,4-9,20-22H2,1,3H3. The smallest absolute Gasteiger partial charge is 0.333 e. The van der Waals surface area contributed by atoms with Gasteiger partial charge in [-0.1, -0.05) is 93.1 Å². The van der Waals surface area contributed by atoms with Crippen LogP contribution in [0.15, 0.2) is 78.9 Å². The van der Waals surface area contributed by atoms with Crippen LogP contribution in [-0.2, 0) is 28.8 Å². The zero-order valence-corrected chi connectivity index (χ0v) is 21.2. The number of carbonyl (C=O) groups is 1. The van der Waals surface area contributed by atoms with Crippen LogP contribution in [0.3, 0.4) is 0 Å². The largest absolute Gasteiger partial charge is 0.462 e. The van der Waals surface area contributed by atoms with Gasteiger partial charge in [-0.3, -0.25) is 0 Å². The molecule has 35 heavy (non-hydrogen) atoms. The summed E-state index contributed by atoms with van der Waals surface area (Å²) in [5.41, 5.74) is 8.79. The van der Waals surface area contributed by atoms with E-state index in [1.54, 1.807) is 6.92 Å². The molecule has 0 unspecified atom stereocenters. The Morgan fingerprint density at radius 1 is 0.800 bits per heavy atom. The Hall–Kier alpha value is -3.17. The Morgan fingerprint density at radius 2 is 1.40 bits per heavy atom. The Morgan fingerprint density at radius 3 is 2.00 bits per heavy atom. The lowest BCUT2D eigenvalue weighted by Crippen LogP contribution is -2.08. The zero-order valence-electron chi connectivity index (χ0n) is 21.2. The van der Waals surface area contributed by atoms with Gasteiger partial charge in [-0.2, -0.15) is 0 Å². The minimum atomic E-state index is -0.352. The number of ether oxygens (including phenoxy) is 1. The summed E-state index contributed by atoms with van der Waals surface area (Å²) in [4.78, 5) is 11.9. The molecule has 0 saturated heterocycles. The third-order valence-corrected chi connectivity index (χ3v) is 6.30. The van der Waals surface area contributed by atoms with Gasteiger partial charge in [-0.15, -0.1) is 0 Å². The van der Waals surface area contributed by atoms with E-state index in [1.165, 1.54) is 36.0 Å². The Bertz CT molecular complexity index is 1090. The summed E-state index contributed by atoms with van der Waals surface area (Å²) in [5, 5.41) is 9.09. The van der Waals surface area contributed by atoms with Gasteiger partial charge in [0.05, 0.1) is 6.61 Å². The molecule has 3 aromatic rings. The van der Waals surface area contributed by atoms with Crippen LogP contribution in [-0.4, -0.2) is 24.3 Å². The number of hydrogen-bond acceptors (Lipinski definition) is 3. The number of aliphatic hydroxyl groups excluding tert-OH is 1. The van der Waals surface area contributed by atoms with Crippen molar-refractivity contribution in [3.63, 3.8) is 0 Å². The van der Waals surface area contributed by atoms with Crippen molar-refractivity contribution in [2.24, 2.45) is 0 Å². The van der Waals surface area contributed by atoms with Gasteiger partial charge in [0, 0.05) is 18.6 Å². The Kier molecular flexibility index (Phi) is 10.3. The van der Waals surface area contributed by atoms with E-state index in [0.717, 1.165) is 41.5 Å². The fraction of sp³-hybridized carbons (Fsp3) is 0.344. The average Bonchev–Trinajstić information content (AvgIpc) is 2.88. The maximum absolute atomic E-state index is 11.9. The van der Waals surface area contributed by atoms with Gasteiger partial charge in [0.1, 0.15) is 0 Å². The van der Waals surface area contributed by atoms with Crippen molar-refractivity contribution >= 4 is 5.97 Å². The van der Waals surface area contributed by atoms with E-state index in [1.807, 2.05) is 0 Å². The lowest BCUT2D eigenvalue weighted by atomic mass is 9.92. The second kappa shape index (κ2) is 13.7. The molecule has 0 spiro atoms. The van der Waals surface area contributed by atoms with Gasteiger partial charge < -0.3 is 9.84 Å². The van der Waals surface area contributed by atoms with Crippen LogP contribution in [0.5, 0.6) is 0 Å². The number of aliphatic hydroxyl groups is 1. The summed E-state index contributed by atoms with van der Waals surface area (Å²) in [6.45, 7) is 8.08. The summed E-state index contributed by atoms with van der Waals surface area (Å²) >= 11 is 0. The van der Waals surface area contributed by atoms with Crippen molar-refractivity contribution in [1.29, 1.82) is 0 Å². The quantitative estimate of drug-likeness (QED) is 0.161. The second-order valence-electron chi connectivity index (χ2n) is 9.22. The first kappa shape index (κ1) is 26.4. The maximum Gasteiger partial charge on any atom is 0.333 e. The highest BCUT2D eigenvalue weighted by Gasteiger charge is 2.11. The van der Waals surface area contributed by atoms with Crippen LogP contribution in [0.2, 0.25) is 0 Å². The summed E-state index contributed by atoms with van der Waals surface area (Å²) in [6, 6.07) is 24.0. The molecule has 0 heterocycles. The van der Waals surface area contributed by atoms with Gasteiger partial charge in [0.15, 0.2) is 0 Å². The number of hydrogen-bond donors (Lipinski definition) is 1. The zero-order chi connectivity index (χ0) is 25.0. The van der Waals surface area contributed by atoms with Crippen molar-refractivity contribution in [2.45, 2.75) is 58.8 Å². The highest BCUT2D eigenvalue weighted by atomic mass is 16.5. The van der Waals surface area contributed by atoms with Crippen LogP contribution in [0.25, 0.3) is 22.3 Å². The van der Waals surface area contributed by atoms with Gasteiger partial charge in [-0.25, -0.2) is 4.79 Å². The highest BCUT2D eigenvalue weighted by Crippen LogP contribution is 2.30. The topological polar surface area (TPSA) is 46.5 Å². The average molecular weight is 471 g/mol. The highest BCUT2D eigenvalue weighted by molar-refractivity contribution is 5.87. The number of aryl methyl sites for hydroxylation is 2. The molecule has 0 atom stereocenters. The number of rotatable bonds is 13. The number of unbranched alkanes of at least 4 members (excludes halogenated alkanes) is 2. The summed E-state index contributed by atoms with van der Waals surface area (Å²) in [5.74, 6) is -0.352. The third-order valence-electron chi connectivity index (χ3n) is 6.30. The molecule has 3 heteroatoms. The van der Waals surface area contributed by atoms with Crippen LogP contribution in [0.4, 0.5) is 0 Å². The monoisotopic (exact) mass is 470 g/mol. The summed E-state index contributed by atoms with van der Waals surface area (Å²) in [6.07, 6.45) is 7.13. The van der Waals surface area contributed by atoms with E-state index in [2.05, 4.69) is 80.2 Å². The molecule has 0 fully saturated rings. The van der Waals surface area contributed by atoms with Crippen molar-refractivity contribution < 1.29 is 14.6 Å². The normalized spacial score (nSPS) is 10.8. The summed E-state index contributed by atoms with van der Waals surface area (Å²) in [7, 11) is 0. The van der Waals surface area contributed by atoms with Gasteiger partial charge in [0.2, 0.25) is 0 Å². The van der Waals surface area contributed by atoms with Crippen molar-refractivity contribution in [2.75, 3.05) is 13.2 Å². The lowest BCUT2D eigenvalue weighted by molar-refractivity contribution is -0.138. The Labute approximate surface area is 210 Å². The predicted molar refractivity (Wildman–Crippen MR) is 145 cm³/mol. The Balaban J connectivity index is 1.84. The molecule has 0 aliphatic carbocycles. The van der Waals surface area contributed by atoms with E-state index in [0.29, 0.717) is 18.6 Å².